The van der Waals surface area contributed by atoms with Gasteiger partial charge in [-0.15, -0.1) is 0 Å². The van der Waals surface area contributed by atoms with E-state index in [0.717, 1.165) is 0 Å². The molecular weight excluding hydrogens is 357 g/mol. The highest BCUT2D eigenvalue weighted by atomic mass is 79.9. The minimum absolute atomic E-state index is 0.00521. The van der Waals surface area contributed by atoms with Crippen molar-refractivity contribution in [1.29, 1.82) is 5.26 Å². The second kappa shape index (κ2) is 4.19. The van der Waals surface area contributed by atoms with Crippen LogP contribution in [0.1, 0.15) is 5.56 Å². The molecule has 0 saturated carbocycles. The molecule has 3 nitrogen and oxygen atoms in total. The van der Waals surface area contributed by atoms with Crippen LogP contribution in [0.2, 0.25) is 0 Å². The summed E-state index contributed by atoms with van der Waals surface area (Å²) in [4.78, 5) is -0.197. The summed E-state index contributed by atoms with van der Waals surface area (Å²) < 4.78 is 23.1. The first-order chi connectivity index (χ1) is 6.38. The van der Waals surface area contributed by atoms with Crippen molar-refractivity contribution in [2.75, 3.05) is 0 Å². The van der Waals surface area contributed by atoms with Crippen LogP contribution < -0.4 is 0 Å². The van der Waals surface area contributed by atoms with Crippen LogP contribution in [0.4, 0.5) is 0 Å². The average Bonchev–Trinajstić information content (AvgIpc) is 2.07. The Morgan fingerprint density at radius 1 is 1.36 bits per heavy atom. The van der Waals surface area contributed by atoms with Gasteiger partial charge < -0.3 is 0 Å². The average molecular weight is 359 g/mol. The van der Waals surface area contributed by atoms with Gasteiger partial charge in [-0.1, -0.05) is 0 Å². The van der Waals surface area contributed by atoms with Gasteiger partial charge in [0.05, 0.1) is 10.0 Å². The van der Waals surface area contributed by atoms with Crippen molar-refractivity contribution in [1.82, 2.24) is 0 Å². The molecule has 1 aromatic carbocycles. The third-order valence-corrected chi connectivity index (χ3v) is 4.81. The van der Waals surface area contributed by atoms with E-state index in [1.165, 1.54) is 12.1 Å². The molecule has 0 aromatic heterocycles. The SMILES string of the molecule is N#Cc1c(S(=O)(=O)Cl)ccc(Br)c1Br. The first-order valence-electron chi connectivity index (χ1n) is 3.20. The van der Waals surface area contributed by atoms with Gasteiger partial charge in [0.1, 0.15) is 11.0 Å². The molecule has 0 aliphatic heterocycles. The third-order valence-electron chi connectivity index (χ3n) is 1.43. The second-order valence-corrected chi connectivity index (χ2v) is 6.47. The summed E-state index contributed by atoms with van der Waals surface area (Å²) in [5, 5.41) is 8.76. The summed E-state index contributed by atoms with van der Waals surface area (Å²) in [6.07, 6.45) is 0. The van der Waals surface area contributed by atoms with E-state index in [1.54, 1.807) is 6.07 Å². The van der Waals surface area contributed by atoms with E-state index in [2.05, 4.69) is 31.9 Å². The van der Waals surface area contributed by atoms with Gasteiger partial charge in [0, 0.05) is 15.2 Å². The Bertz CT molecular complexity index is 521. The maximum absolute atomic E-state index is 11.1. The van der Waals surface area contributed by atoms with Crippen molar-refractivity contribution in [2.45, 2.75) is 4.90 Å². The van der Waals surface area contributed by atoms with Crippen molar-refractivity contribution in [2.24, 2.45) is 0 Å². The van der Waals surface area contributed by atoms with E-state index in [1.807, 2.05) is 0 Å². The van der Waals surface area contributed by atoms with Crippen LogP contribution in [0.3, 0.4) is 0 Å². The number of hydrogen-bond acceptors (Lipinski definition) is 3. The summed E-state index contributed by atoms with van der Waals surface area (Å²) in [5.74, 6) is 0. The molecular formula is C7H2Br2ClNO2S. The van der Waals surface area contributed by atoms with Crippen molar-refractivity contribution >= 4 is 51.6 Å². The zero-order chi connectivity index (χ0) is 10.9. The fourth-order valence-electron chi connectivity index (χ4n) is 0.840. The fraction of sp³-hybridized carbons (Fsp3) is 0. The molecule has 74 valence electrons. The van der Waals surface area contributed by atoms with Crippen LogP contribution in [0.15, 0.2) is 26.0 Å². The summed E-state index contributed by atoms with van der Waals surface area (Å²) in [5.41, 5.74) is -0.00521. The number of halogens is 3. The minimum atomic E-state index is -3.89. The van der Waals surface area contributed by atoms with Crippen LogP contribution in [0, 0.1) is 11.3 Å². The maximum Gasteiger partial charge on any atom is 0.262 e. The highest BCUT2D eigenvalue weighted by Crippen LogP contribution is 2.32. The smallest absolute Gasteiger partial charge is 0.207 e. The quantitative estimate of drug-likeness (QED) is 0.724. The first-order valence-corrected chi connectivity index (χ1v) is 7.10. The standard InChI is InChI=1S/C7H2Br2ClNO2S/c8-5-1-2-6(14(10,12)13)4(3-11)7(5)9/h1-2H. The number of rotatable bonds is 1. The van der Waals surface area contributed by atoms with Crippen molar-refractivity contribution < 1.29 is 8.42 Å². The summed E-state index contributed by atoms with van der Waals surface area (Å²) in [6, 6.07) is 4.54. The molecule has 14 heavy (non-hydrogen) atoms. The summed E-state index contributed by atoms with van der Waals surface area (Å²) in [6.45, 7) is 0. The van der Waals surface area contributed by atoms with E-state index in [4.69, 9.17) is 15.9 Å². The molecule has 0 saturated heterocycles. The Balaban J connectivity index is 3.66. The molecule has 0 unspecified atom stereocenters. The Kier molecular flexibility index (Phi) is 3.58. The summed E-state index contributed by atoms with van der Waals surface area (Å²) >= 11 is 6.24. The van der Waals surface area contributed by atoms with Gasteiger partial charge in [0.15, 0.2) is 0 Å². The van der Waals surface area contributed by atoms with Gasteiger partial charge in [-0.2, -0.15) is 5.26 Å². The molecule has 0 N–H and O–H groups in total. The highest BCUT2D eigenvalue weighted by Gasteiger charge is 2.19. The van der Waals surface area contributed by atoms with Crippen LogP contribution >= 0.6 is 42.5 Å². The predicted octanol–water partition coefficient (Wildman–Crippen LogP) is 3.01. The molecule has 0 bridgehead atoms. The summed E-state index contributed by atoms with van der Waals surface area (Å²) in [7, 11) is 1.27. The van der Waals surface area contributed by atoms with Gasteiger partial charge >= 0.3 is 0 Å². The number of benzene rings is 1. The largest absolute Gasteiger partial charge is 0.262 e. The predicted molar refractivity (Wildman–Crippen MR) is 59.6 cm³/mol. The zero-order valence-electron chi connectivity index (χ0n) is 6.46. The molecule has 0 amide bonds. The first kappa shape index (κ1) is 12.0. The van der Waals surface area contributed by atoms with Crippen LogP contribution in [0.25, 0.3) is 0 Å². The fourth-order valence-corrected chi connectivity index (χ4v) is 2.74. The second-order valence-electron chi connectivity index (χ2n) is 2.28. The van der Waals surface area contributed by atoms with Gasteiger partial charge in [-0.25, -0.2) is 8.42 Å². The van der Waals surface area contributed by atoms with Crippen LogP contribution in [-0.4, -0.2) is 8.42 Å². The van der Waals surface area contributed by atoms with E-state index >= 15 is 0 Å². The molecule has 0 radical (unpaired) electrons. The van der Waals surface area contributed by atoms with E-state index in [-0.39, 0.29) is 10.5 Å². The van der Waals surface area contributed by atoms with E-state index in [9.17, 15) is 8.42 Å². The zero-order valence-corrected chi connectivity index (χ0v) is 11.2. The van der Waals surface area contributed by atoms with Gasteiger partial charge in [-0.05, 0) is 44.0 Å². The molecule has 1 aromatic rings. The molecule has 7 heteroatoms. The Hall–Kier alpha value is -0.0900. The minimum Gasteiger partial charge on any atom is -0.207 e. The monoisotopic (exact) mass is 357 g/mol. The maximum atomic E-state index is 11.1. The number of nitrogens with zero attached hydrogens (tertiary/aromatic N) is 1. The molecule has 0 heterocycles. The Labute approximate surface area is 102 Å². The van der Waals surface area contributed by atoms with Crippen LogP contribution in [0.5, 0.6) is 0 Å². The lowest BCUT2D eigenvalue weighted by Crippen LogP contribution is -1.96. The lowest BCUT2D eigenvalue weighted by Gasteiger charge is -2.03. The molecule has 0 fully saturated rings. The Morgan fingerprint density at radius 3 is 2.36 bits per heavy atom. The topological polar surface area (TPSA) is 57.9 Å². The van der Waals surface area contributed by atoms with Crippen molar-refractivity contribution in [3.05, 3.63) is 26.6 Å². The lowest BCUT2D eigenvalue weighted by atomic mass is 10.2. The highest BCUT2D eigenvalue weighted by molar-refractivity contribution is 9.13. The van der Waals surface area contributed by atoms with Crippen LogP contribution in [-0.2, 0) is 9.05 Å². The molecule has 0 spiro atoms. The number of nitriles is 1. The molecule has 0 aliphatic rings. The molecule has 1 rings (SSSR count). The van der Waals surface area contributed by atoms with Gasteiger partial charge in [0.25, 0.3) is 9.05 Å². The lowest BCUT2D eigenvalue weighted by molar-refractivity contribution is 0.609. The normalized spacial score (nSPS) is 11.0. The van der Waals surface area contributed by atoms with E-state index < -0.39 is 9.05 Å². The van der Waals surface area contributed by atoms with Gasteiger partial charge in [0.2, 0.25) is 0 Å². The van der Waals surface area contributed by atoms with Crippen molar-refractivity contribution in [3.8, 4) is 6.07 Å². The third kappa shape index (κ3) is 2.28. The molecule has 0 atom stereocenters. The number of hydrogen-bond donors (Lipinski definition) is 0. The van der Waals surface area contributed by atoms with Gasteiger partial charge in [-0.3, -0.25) is 0 Å². The Morgan fingerprint density at radius 2 is 1.93 bits per heavy atom. The molecule has 0 aliphatic carbocycles. The van der Waals surface area contributed by atoms with Crippen molar-refractivity contribution in [3.63, 3.8) is 0 Å². The van der Waals surface area contributed by atoms with E-state index in [0.29, 0.717) is 8.95 Å².